The predicted molar refractivity (Wildman–Crippen MR) is 251 cm³/mol. The van der Waals surface area contributed by atoms with Gasteiger partial charge in [-0.1, -0.05) is 41.5 Å². The van der Waals surface area contributed by atoms with E-state index in [4.69, 9.17) is 34.3 Å². The van der Waals surface area contributed by atoms with Crippen molar-refractivity contribution in [3.8, 4) is 46.0 Å². The number of nitrogens with one attached hydrogen (secondary N) is 5. The number of nitrogens with two attached hydrogens (primary N) is 1. The van der Waals surface area contributed by atoms with Gasteiger partial charge in [-0.15, -0.1) is 5.10 Å². The molecule has 4 amide bonds. The van der Waals surface area contributed by atoms with Gasteiger partial charge in [0.1, 0.15) is 69.8 Å². The van der Waals surface area contributed by atoms with Gasteiger partial charge in [0, 0.05) is 65.9 Å². The minimum atomic E-state index is -1.12. The van der Waals surface area contributed by atoms with Crippen molar-refractivity contribution in [1.82, 2.24) is 31.6 Å². The van der Waals surface area contributed by atoms with Gasteiger partial charge < -0.3 is 49.7 Å². The smallest absolute Gasteiger partial charge is 0.335 e. The van der Waals surface area contributed by atoms with Crippen LogP contribution in [-0.2, 0) is 9.59 Å². The Balaban J connectivity index is 0.000000174. The van der Waals surface area contributed by atoms with E-state index in [0.29, 0.717) is 22.8 Å². The molecule has 0 saturated carbocycles. The molecule has 9 rings (SSSR count). The van der Waals surface area contributed by atoms with Crippen LogP contribution < -0.4 is 51.5 Å². The number of carboxylic acid groups (broad SMARTS) is 1. The number of carbonyl (C=O) groups is 4. The highest BCUT2D eigenvalue weighted by Gasteiger charge is 2.41. The average molecular weight is 993 g/mol. The van der Waals surface area contributed by atoms with Crippen LogP contribution in [0, 0.1) is 23.3 Å². The second kappa shape index (κ2) is 23.4. The summed E-state index contributed by atoms with van der Waals surface area (Å²) < 4.78 is 84.0. The van der Waals surface area contributed by atoms with Crippen LogP contribution in [0.15, 0.2) is 138 Å². The Kier molecular flexibility index (Phi) is 16.5. The van der Waals surface area contributed by atoms with Crippen LogP contribution in [-0.4, -0.2) is 78.5 Å². The van der Waals surface area contributed by atoms with E-state index in [2.05, 4.69) is 31.5 Å². The highest BCUT2D eigenvalue weighted by atomic mass is 19.1. The van der Waals surface area contributed by atoms with E-state index in [1.165, 1.54) is 26.4 Å². The number of para-hydroxylation sites is 2. The highest BCUT2D eigenvalue weighted by molar-refractivity contribution is 5.90. The molecule has 1 aromatic heterocycles. The van der Waals surface area contributed by atoms with Gasteiger partial charge in [0.25, 0.3) is 0 Å². The molecule has 2 aliphatic heterocycles. The van der Waals surface area contributed by atoms with Gasteiger partial charge in [-0.05, 0) is 72.8 Å². The van der Waals surface area contributed by atoms with Crippen molar-refractivity contribution >= 4 is 29.8 Å². The van der Waals surface area contributed by atoms with Gasteiger partial charge >= 0.3 is 18.0 Å². The van der Waals surface area contributed by atoms with Gasteiger partial charge in [-0.2, -0.15) is 0 Å². The Bertz CT molecular complexity index is 2960. The molecule has 0 aliphatic carbocycles. The van der Waals surface area contributed by atoms with Crippen LogP contribution in [0.4, 0.5) is 28.4 Å². The van der Waals surface area contributed by atoms with Gasteiger partial charge in [-0.3, -0.25) is 15.0 Å². The summed E-state index contributed by atoms with van der Waals surface area (Å²) in [7, 11) is 2.60. The van der Waals surface area contributed by atoms with Crippen LogP contribution in [0.25, 0.3) is 11.5 Å². The topological polar surface area (TPSA) is 251 Å². The van der Waals surface area contributed by atoms with E-state index < -0.39 is 71.0 Å². The third kappa shape index (κ3) is 12.5. The van der Waals surface area contributed by atoms with Crippen molar-refractivity contribution in [3.63, 3.8) is 0 Å². The lowest BCUT2D eigenvalue weighted by Gasteiger charge is -2.19. The zero-order valence-corrected chi connectivity index (χ0v) is 38.0. The molecule has 6 aromatic carbocycles. The summed E-state index contributed by atoms with van der Waals surface area (Å²) in [4.78, 5) is 46.0. The number of anilines is 1. The van der Waals surface area contributed by atoms with Gasteiger partial charge in [-0.25, -0.2) is 33.0 Å². The maximum absolute atomic E-state index is 14.6. The molecule has 0 unspecified atom stereocenters. The standard InChI is InChI=1S/C25H20F2N4O4.C13H10O3.C12H14F2N4O3/c1-33-17-11-19(26)21(20(27)12-17)18-13-28-23(32)22(18)29-25-31-30-24(35-25)14-7-9-16(10-8-14)34-15-5-3-2-4-6-15;14-13(15)10-6-8-12(9-7-10)16-11-4-2-1-3-5-11;1-21-5-2-7(13)9(8(14)3-5)6-4-16-11(19)10(6)17-12(20)18-15/h2-12,18,22H,13H2,1H3,(H,28,32)(H,29,31);1-9H,(H,14,15);2-3,6,10H,4,15H2,1H3,(H,16,19)(H2,17,18,20)/t18-,22-;;6-,10-/m0.0/s1. The molecule has 2 aliphatic rings. The summed E-state index contributed by atoms with van der Waals surface area (Å²) in [5.41, 5.74) is 2.15. The second-order valence-corrected chi connectivity index (χ2v) is 15.5. The number of urea groups is 1. The molecule has 8 N–H and O–H groups in total. The van der Waals surface area contributed by atoms with Gasteiger partial charge in [0.05, 0.1) is 19.8 Å². The number of hydrogen-bond acceptors (Lipinski definition) is 13. The minimum Gasteiger partial charge on any atom is -0.497 e. The average Bonchev–Trinajstić information content (AvgIpc) is 4.10. The van der Waals surface area contributed by atoms with Crippen LogP contribution in [0.5, 0.6) is 34.5 Å². The van der Waals surface area contributed by atoms with Crippen molar-refractivity contribution in [2.24, 2.45) is 5.84 Å². The Morgan fingerprint density at radius 1 is 0.625 bits per heavy atom. The summed E-state index contributed by atoms with van der Waals surface area (Å²) in [6.45, 7) is 0.0368. The summed E-state index contributed by atoms with van der Waals surface area (Å²) in [5, 5.41) is 26.8. The van der Waals surface area contributed by atoms with Gasteiger partial charge in [0.15, 0.2) is 0 Å². The first-order chi connectivity index (χ1) is 34.7. The van der Waals surface area contributed by atoms with E-state index in [1.807, 2.05) is 60.7 Å². The monoisotopic (exact) mass is 992 g/mol. The molecular formula is C50H44F4N8O10. The first-order valence-electron chi connectivity index (χ1n) is 21.6. The Hall–Kier alpha value is -9.18. The molecule has 4 atom stereocenters. The molecule has 0 spiro atoms. The van der Waals surface area contributed by atoms with E-state index in [-0.39, 0.29) is 53.2 Å². The normalized spacial score (nSPS) is 16.6. The van der Waals surface area contributed by atoms with E-state index in [9.17, 15) is 36.7 Å². The highest BCUT2D eigenvalue weighted by Crippen LogP contribution is 2.34. The number of rotatable bonds is 13. The maximum Gasteiger partial charge on any atom is 0.335 e. The number of amides is 4. The lowest BCUT2D eigenvalue weighted by atomic mass is 9.93. The molecule has 0 bridgehead atoms. The second-order valence-electron chi connectivity index (χ2n) is 15.5. The van der Waals surface area contributed by atoms with Crippen molar-refractivity contribution in [1.29, 1.82) is 0 Å². The van der Waals surface area contributed by atoms with Crippen molar-refractivity contribution < 1.29 is 65.2 Å². The number of methoxy groups -OCH3 is 2. The fourth-order valence-corrected chi connectivity index (χ4v) is 7.47. The number of carboxylic acids is 1. The molecular weight excluding hydrogens is 949 g/mol. The fourth-order valence-electron chi connectivity index (χ4n) is 7.47. The number of benzene rings is 6. The largest absolute Gasteiger partial charge is 0.497 e. The van der Waals surface area contributed by atoms with Crippen molar-refractivity contribution in [2.75, 3.05) is 32.6 Å². The minimum absolute atomic E-state index is 0.00544. The third-order valence-corrected chi connectivity index (χ3v) is 11.0. The summed E-state index contributed by atoms with van der Waals surface area (Å²) in [6.07, 6.45) is 0. The first-order valence-corrected chi connectivity index (χ1v) is 21.6. The lowest BCUT2D eigenvalue weighted by molar-refractivity contribution is -0.121. The number of hydrazine groups is 1. The van der Waals surface area contributed by atoms with Crippen LogP contribution in [0.3, 0.4) is 0 Å². The summed E-state index contributed by atoms with van der Waals surface area (Å²) >= 11 is 0. The van der Waals surface area contributed by atoms with Crippen LogP contribution in [0.1, 0.15) is 33.3 Å². The molecule has 72 heavy (non-hydrogen) atoms. The quantitative estimate of drug-likeness (QED) is 0.0257. The zero-order chi connectivity index (χ0) is 51.3. The lowest BCUT2D eigenvalue weighted by Crippen LogP contribution is -2.49. The predicted octanol–water partition coefficient (Wildman–Crippen LogP) is 7.42. The molecule has 22 heteroatoms. The molecule has 0 radical (unpaired) electrons. The summed E-state index contributed by atoms with van der Waals surface area (Å²) in [5.74, 6) is 0.919. The number of hydrogen-bond donors (Lipinski definition) is 7. The molecule has 18 nitrogen and oxygen atoms in total. The Morgan fingerprint density at radius 3 is 1.50 bits per heavy atom. The van der Waals surface area contributed by atoms with Crippen molar-refractivity contribution in [2.45, 2.75) is 23.9 Å². The zero-order valence-electron chi connectivity index (χ0n) is 38.0. The number of aromatic nitrogens is 2. The third-order valence-electron chi connectivity index (χ3n) is 11.0. The Labute approximate surface area is 407 Å². The number of carbonyl (C=O) groups excluding carboxylic acids is 3. The molecule has 3 heterocycles. The summed E-state index contributed by atoms with van der Waals surface area (Å²) in [6, 6.07) is 33.2. The number of halogens is 4. The van der Waals surface area contributed by atoms with Crippen molar-refractivity contribution in [3.05, 3.63) is 173 Å². The van der Waals surface area contributed by atoms with Gasteiger partial charge in [0.2, 0.25) is 17.7 Å². The maximum atomic E-state index is 14.6. The number of ether oxygens (including phenoxy) is 4. The first kappa shape index (κ1) is 50.7. The Morgan fingerprint density at radius 2 is 1.06 bits per heavy atom. The molecule has 2 saturated heterocycles. The van der Waals surface area contributed by atoms with E-state index in [0.717, 1.165) is 30.0 Å². The fraction of sp³-hybridized carbons (Fsp3) is 0.160. The molecule has 7 aromatic rings. The van der Waals surface area contributed by atoms with Crippen LogP contribution in [0.2, 0.25) is 0 Å². The molecule has 372 valence electrons. The molecule has 2 fully saturated rings. The SMILES string of the molecule is COc1cc(F)c([C@@H]2CNC(=O)[C@H]2NC(=O)NN)c(F)c1.COc1cc(F)c([C@@H]2CNC(=O)[C@H]2Nc2nnc(-c3ccc(Oc4ccccc4)cc3)o2)c(F)c1.O=C(O)c1ccc(Oc2ccccc2)cc1. The van der Waals surface area contributed by atoms with E-state index in [1.54, 1.807) is 41.8 Å². The van der Waals surface area contributed by atoms with E-state index >= 15 is 0 Å². The number of nitrogens with zero attached hydrogens (tertiary/aromatic N) is 2. The number of aromatic carboxylic acids is 1. The van der Waals surface area contributed by atoms with Crippen LogP contribution >= 0.6 is 0 Å².